The van der Waals surface area contributed by atoms with Crippen molar-refractivity contribution >= 4 is 29.3 Å². The molecule has 3 aromatic rings. The number of thioether (sulfide) groups is 1. The second-order valence-corrected chi connectivity index (χ2v) is 8.28. The zero-order chi connectivity index (χ0) is 23.1. The van der Waals surface area contributed by atoms with Gasteiger partial charge in [-0.1, -0.05) is 36.9 Å². The number of aromatic nitrogens is 3. The van der Waals surface area contributed by atoms with Gasteiger partial charge in [-0.3, -0.25) is 9.59 Å². The van der Waals surface area contributed by atoms with Gasteiger partial charge in [-0.2, -0.15) is 0 Å². The number of anilines is 1. The Morgan fingerprint density at radius 1 is 1.12 bits per heavy atom. The minimum atomic E-state index is -0.321. The van der Waals surface area contributed by atoms with Crippen molar-refractivity contribution in [1.29, 1.82) is 0 Å². The van der Waals surface area contributed by atoms with Gasteiger partial charge in [0, 0.05) is 24.8 Å². The third-order valence-electron chi connectivity index (χ3n) is 4.86. The molecule has 0 radical (unpaired) electrons. The van der Waals surface area contributed by atoms with Crippen LogP contribution in [0.4, 0.5) is 10.1 Å². The van der Waals surface area contributed by atoms with E-state index in [9.17, 15) is 14.0 Å². The fourth-order valence-corrected chi connectivity index (χ4v) is 3.96. The van der Waals surface area contributed by atoms with E-state index in [4.69, 9.17) is 0 Å². The van der Waals surface area contributed by atoms with Crippen LogP contribution in [0.15, 0.2) is 53.7 Å². The molecule has 168 valence electrons. The Kier molecular flexibility index (Phi) is 7.99. The van der Waals surface area contributed by atoms with Crippen molar-refractivity contribution < 1.29 is 14.0 Å². The maximum absolute atomic E-state index is 13.2. The minimum Gasteiger partial charge on any atom is -0.333 e. The summed E-state index contributed by atoms with van der Waals surface area (Å²) in [6.45, 7) is 4.36. The van der Waals surface area contributed by atoms with Crippen LogP contribution in [0.3, 0.4) is 0 Å². The van der Waals surface area contributed by atoms with E-state index in [-0.39, 0.29) is 29.9 Å². The molecule has 0 spiro atoms. The smallest absolute Gasteiger partial charge is 0.244 e. The molecule has 0 atom stereocenters. The van der Waals surface area contributed by atoms with E-state index in [0.717, 1.165) is 23.2 Å². The molecule has 1 aromatic heterocycles. The molecule has 0 fully saturated rings. The van der Waals surface area contributed by atoms with Gasteiger partial charge >= 0.3 is 0 Å². The van der Waals surface area contributed by atoms with Crippen LogP contribution < -0.4 is 5.32 Å². The second kappa shape index (κ2) is 10.9. The van der Waals surface area contributed by atoms with Gasteiger partial charge < -0.3 is 14.8 Å². The predicted molar refractivity (Wildman–Crippen MR) is 124 cm³/mol. The molecular weight excluding hydrogens is 429 g/mol. The fraction of sp³-hybridized carbons (Fsp3) is 0.304. The summed E-state index contributed by atoms with van der Waals surface area (Å²) in [6.07, 6.45) is 0.743. The van der Waals surface area contributed by atoms with Gasteiger partial charge in [-0.15, -0.1) is 10.2 Å². The topological polar surface area (TPSA) is 80.1 Å². The number of aryl methyl sites for hydroxylation is 1. The van der Waals surface area contributed by atoms with E-state index in [1.54, 1.807) is 28.6 Å². The Hall–Kier alpha value is -3.20. The SMILES string of the molecule is CCCN(CC(=O)Nc1ccccc1C)C(=O)CSc1nnc(-c2ccc(F)cc2)n1C. The van der Waals surface area contributed by atoms with E-state index in [1.165, 1.54) is 23.9 Å². The first-order valence-electron chi connectivity index (χ1n) is 10.3. The Bertz CT molecular complexity index is 1080. The molecule has 2 aromatic carbocycles. The van der Waals surface area contributed by atoms with Crippen molar-refractivity contribution in [3.05, 3.63) is 59.9 Å². The van der Waals surface area contributed by atoms with Crippen molar-refractivity contribution in [2.75, 3.05) is 24.2 Å². The summed E-state index contributed by atoms with van der Waals surface area (Å²) < 4.78 is 14.9. The lowest BCUT2D eigenvalue weighted by Crippen LogP contribution is -2.39. The zero-order valence-corrected chi connectivity index (χ0v) is 19.2. The van der Waals surface area contributed by atoms with Crippen molar-refractivity contribution in [3.8, 4) is 11.4 Å². The molecule has 32 heavy (non-hydrogen) atoms. The molecule has 0 saturated heterocycles. The van der Waals surface area contributed by atoms with Crippen LogP contribution in [0.25, 0.3) is 11.4 Å². The summed E-state index contributed by atoms with van der Waals surface area (Å²) in [5, 5.41) is 11.7. The highest BCUT2D eigenvalue weighted by atomic mass is 32.2. The van der Waals surface area contributed by atoms with E-state index < -0.39 is 0 Å². The van der Waals surface area contributed by atoms with Gasteiger partial charge in [0.2, 0.25) is 11.8 Å². The number of hydrogen-bond donors (Lipinski definition) is 1. The monoisotopic (exact) mass is 455 g/mol. The highest BCUT2D eigenvalue weighted by Gasteiger charge is 2.19. The quantitative estimate of drug-likeness (QED) is 0.495. The molecule has 0 aliphatic rings. The lowest BCUT2D eigenvalue weighted by Gasteiger charge is -2.21. The minimum absolute atomic E-state index is 0.0127. The van der Waals surface area contributed by atoms with Crippen LogP contribution in [0, 0.1) is 12.7 Å². The molecule has 1 heterocycles. The molecule has 0 aliphatic heterocycles. The molecule has 3 rings (SSSR count). The van der Waals surface area contributed by atoms with E-state index in [1.807, 2.05) is 38.1 Å². The molecule has 2 amide bonds. The number of amides is 2. The first-order chi connectivity index (χ1) is 15.4. The summed E-state index contributed by atoms with van der Waals surface area (Å²) in [4.78, 5) is 26.9. The number of carbonyl (C=O) groups excluding carboxylic acids is 2. The summed E-state index contributed by atoms with van der Waals surface area (Å²) in [6, 6.07) is 13.5. The van der Waals surface area contributed by atoms with E-state index in [2.05, 4.69) is 15.5 Å². The number of nitrogens with one attached hydrogen (secondary N) is 1. The largest absolute Gasteiger partial charge is 0.333 e. The summed E-state index contributed by atoms with van der Waals surface area (Å²) >= 11 is 1.25. The Balaban J connectivity index is 1.61. The van der Waals surface area contributed by atoms with Crippen LogP contribution in [-0.2, 0) is 16.6 Å². The normalized spacial score (nSPS) is 10.8. The first kappa shape index (κ1) is 23.5. The average Bonchev–Trinajstić information content (AvgIpc) is 3.14. The van der Waals surface area contributed by atoms with E-state index in [0.29, 0.717) is 17.5 Å². The number of benzene rings is 2. The number of hydrogen-bond acceptors (Lipinski definition) is 5. The summed E-state index contributed by atoms with van der Waals surface area (Å²) in [5.74, 6) is 0.0144. The zero-order valence-electron chi connectivity index (χ0n) is 18.3. The molecular formula is C23H26FN5O2S. The Morgan fingerprint density at radius 3 is 2.53 bits per heavy atom. The van der Waals surface area contributed by atoms with Crippen LogP contribution in [0.1, 0.15) is 18.9 Å². The van der Waals surface area contributed by atoms with Gasteiger partial charge in [0.25, 0.3) is 0 Å². The first-order valence-corrected chi connectivity index (χ1v) is 11.3. The van der Waals surface area contributed by atoms with Crippen molar-refractivity contribution in [3.63, 3.8) is 0 Å². The van der Waals surface area contributed by atoms with Crippen molar-refractivity contribution in [2.24, 2.45) is 7.05 Å². The lowest BCUT2D eigenvalue weighted by atomic mass is 10.2. The van der Waals surface area contributed by atoms with Crippen LogP contribution in [-0.4, -0.2) is 50.3 Å². The number of carbonyl (C=O) groups is 2. The van der Waals surface area contributed by atoms with Crippen molar-refractivity contribution in [2.45, 2.75) is 25.4 Å². The average molecular weight is 456 g/mol. The van der Waals surface area contributed by atoms with Gasteiger partial charge in [0.15, 0.2) is 11.0 Å². The molecule has 0 bridgehead atoms. The maximum Gasteiger partial charge on any atom is 0.244 e. The van der Waals surface area contributed by atoms with Gasteiger partial charge in [0.1, 0.15) is 5.82 Å². The number of nitrogens with zero attached hydrogens (tertiary/aromatic N) is 4. The molecule has 0 unspecified atom stereocenters. The molecule has 9 heteroatoms. The molecule has 0 saturated carbocycles. The van der Waals surface area contributed by atoms with Gasteiger partial charge in [0.05, 0.1) is 12.3 Å². The van der Waals surface area contributed by atoms with E-state index >= 15 is 0 Å². The van der Waals surface area contributed by atoms with Crippen LogP contribution in [0.5, 0.6) is 0 Å². The Morgan fingerprint density at radius 2 is 1.84 bits per heavy atom. The predicted octanol–water partition coefficient (Wildman–Crippen LogP) is 3.90. The van der Waals surface area contributed by atoms with Crippen LogP contribution in [0.2, 0.25) is 0 Å². The number of para-hydroxylation sites is 1. The van der Waals surface area contributed by atoms with Crippen molar-refractivity contribution in [1.82, 2.24) is 19.7 Å². The number of halogens is 1. The molecule has 0 aliphatic carbocycles. The second-order valence-electron chi connectivity index (χ2n) is 7.34. The Labute approximate surface area is 191 Å². The maximum atomic E-state index is 13.2. The third-order valence-corrected chi connectivity index (χ3v) is 5.87. The fourth-order valence-electron chi connectivity index (χ4n) is 3.15. The summed E-state index contributed by atoms with van der Waals surface area (Å²) in [7, 11) is 1.80. The highest BCUT2D eigenvalue weighted by molar-refractivity contribution is 7.99. The van der Waals surface area contributed by atoms with Crippen LogP contribution >= 0.6 is 11.8 Å². The molecule has 7 nitrogen and oxygen atoms in total. The summed E-state index contributed by atoms with van der Waals surface area (Å²) in [5.41, 5.74) is 2.44. The lowest BCUT2D eigenvalue weighted by molar-refractivity contribution is -0.132. The number of rotatable bonds is 9. The van der Waals surface area contributed by atoms with Gasteiger partial charge in [-0.25, -0.2) is 4.39 Å². The highest BCUT2D eigenvalue weighted by Crippen LogP contribution is 2.23. The third kappa shape index (κ3) is 5.94. The van der Waals surface area contributed by atoms with Gasteiger partial charge in [-0.05, 0) is 49.2 Å². The standard InChI is InChI=1S/C23H26FN5O2S/c1-4-13-29(14-20(30)25-19-8-6-5-7-16(19)2)21(31)15-32-23-27-26-22(28(23)3)17-9-11-18(24)12-10-17/h5-12H,4,13-15H2,1-3H3,(H,25,30). The molecule has 1 N–H and O–H groups in total.